The summed E-state index contributed by atoms with van der Waals surface area (Å²) in [5, 5.41) is 4.26. The third-order valence-corrected chi connectivity index (χ3v) is 4.64. The van der Waals surface area contributed by atoms with Gasteiger partial charge in [0.25, 0.3) is 0 Å². The first-order valence-electron chi connectivity index (χ1n) is 7.28. The minimum atomic E-state index is 0.664. The molecule has 0 aliphatic rings. The van der Waals surface area contributed by atoms with Crippen molar-refractivity contribution in [1.29, 1.82) is 0 Å². The molecule has 0 bridgehead atoms. The van der Waals surface area contributed by atoms with Crippen molar-refractivity contribution in [2.75, 3.05) is 6.54 Å². The Bertz CT molecular complexity index is 578. The molecule has 2 rings (SSSR count). The van der Waals surface area contributed by atoms with Crippen LogP contribution in [0.5, 0.6) is 0 Å². The Morgan fingerprint density at radius 3 is 2.43 bits per heavy atom. The van der Waals surface area contributed by atoms with Gasteiger partial charge in [-0.25, -0.2) is 0 Å². The highest BCUT2D eigenvalue weighted by atomic mass is 35.5. The zero-order valence-electron chi connectivity index (χ0n) is 12.8. The highest BCUT2D eigenvalue weighted by molar-refractivity contribution is 7.99. The Morgan fingerprint density at radius 2 is 1.81 bits per heavy atom. The lowest BCUT2D eigenvalue weighted by atomic mass is 10.2. The molecule has 2 aromatic rings. The molecule has 2 aromatic carbocycles. The molecule has 1 nitrogen and oxygen atoms in total. The molecule has 0 aromatic heterocycles. The lowest BCUT2D eigenvalue weighted by molar-refractivity contribution is 0.552. The summed E-state index contributed by atoms with van der Waals surface area (Å²) in [4.78, 5) is 2.32. The molecular formula is C18H22ClNS. The first-order chi connectivity index (χ1) is 10.0. The monoisotopic (exact) mass is 319 g/mol. The summed E-state index contributed by atoms with van der Waals surface area (Å²) in [6, 6.07) is 14.8. The topological polar surface area (TPSA) is 12.0 Å². The van der Waals surface area contributed by atoms with Crippen LogP contribution < -0.4 is 5.32 Å². The second-order valence-corrected chi connectivity index (χ2v) is 7.23. The van der Waals surface area contributed by atoms with Gasteiger partial charge >= 0.3 is 0 Å². The van der Waals surface area contributed by atoms with Crippen LogP contribution in [-0.4, -0.2) is 6.54 Å². The van der Waals surface area contributed by atoms with E-state index in [1.54, 1.807) is 11.8 Å². The zero-order chi connectivity index (χ0) is 15.2. The molecule has 0 heterocycles. The Labute approximate surface area is 137 Å². The molecule has 0 unspecified atom stereocenters. The molecule has 0 atom stereocenters. The summed E-state index contributed by atoms with van der Waals surface area (Å²) in [6.07, 6.45) is 0. The van der Waals surface area contributed by atoms with Crippen molar-refractivity contribution in [3.8, 4) is 0 Å². The van der Waals surface area contributed by atoms with Gasteiger partial charge in [-0.1, -0.05) is 61.0 Å². The van der Waals surface area contributed by atoms with Gasteiger partial charge in [0.2, 0.25) is 0 Å². The van der Waals surface area contributed by atoms with E-state index >= 15 is 0 Å². The van der Waals surface area contributed by atoms with E-state index in [0.717, 1.165) is 23.0 Å². The largest absolute Gasteiger partial charge is 0.312 e. The second-order valence-electron chi connectivity index (χ2n) is 5.70. The van der Waals surface area contributed by atoms with Crippen LogP contribution in [0.1, 0.15) is 25.0 Å². The maximum atomic E-state index is 6.40. The van der Waals surface area contributed by atoms with Crippen molar-refractivity contribution in [2.24, 2.45) is 5.92 Å². The molecule has 0 spiro atoms. The fraction of sp³-hybridized carbons (Fsp3) is 0.333. The van der Waals surface area contributed by atoms with E-state index in [2.05, 4.69) is 68.6 Å². The molecule has 0 radical (unpaired) electrons. The van der Waals surface area contributed by atoms with E-state index in [0.29, 0.717) is 5.92 Å². The van der Waals surface area contributed by atoms with E-state index in [4.69, 9.17) is 11.6 Å². The maximum absolute atomic E-state index is 6.40. The molecule has 0 amide bonds. The van der Waals surface area contributed by atoms with E-state index < -0.39 is 0 Å². The highest BCUT2D eigenvalue weighted by Gasteiger charge is 2.04. The molecule has 0 saturated carbocycles. The van der Waals surface area contributed by atoms with Crippen molar-refractivity contribution >= 4 is 23.4 Å². The molecule has 21 heavy (non-hydrogen) atoms. The van der Waals surface area contributed by atoms with Crippen LogP contribution in [0, 0.1) is 12.8 Å². The molecular weight excluding hydrogens is 298 g/mol. The quantitative estimate of drug-likeness (QED) is 0.749. The molecule has 3 heteroatoms. The third-order valence-electron chi connectivity index (χ3n) is 3.13. The number of hydrogen-bond acceptors (Lipinski definition) is 2. The number of halogens is 1. The summed E-state index contributed by atoms with van der Waals surface area (Å²) in [5.74, 6) is 0.664. The van der Waals surface area contributed by atoms with E-state index in [1.807, 2.05) is 0 Å². The molecule has 1 N–H and O–H groups in total. The van der Waals surface area contributed by atoms with E-state index in [1.165, 1.54) is 16.0 Å². The van der Waals surface area contributed by atoms with Crippen molar-refractivity contribution < 1.29 is 0 Å². The third kappa shape index (κ3) is 5.39. The summed E-state index contributed by atoms with van der Waals surface area (Å²) < 4.78 is 0. The molecule has 112 valence electrons. The van der Waals surface area contributed by atoms with Crippen LogP contribution in [0.4, 0.5) is 0 Å². The highest BCUT2D eigenvalue weighted by Crippen LogP contribution is 2.33. The number of aryl methyl sites for hydroxylation is 1. The van der Waals surface area contributed by atoms with Crippen molar-refractivity contribution in [3.63, 3.8) is 0 Å². The van der Waals surface area contributed by atoms with Crippen molar-refractivity contribution in [3.05, 3.63) is 58.6 Å². The molecule has 0 aliphatic heterocycles. The zero-order valence-corrected chi connectivity index (χ0v) is 14.4. The lowest BCUT2D eigenvalue weighted by Gasteiger charge is -2.10. The Kier molecular flexibility index (Phi) is 6.16. The minimum Gasteiger partial charge on any atom is -0.312 e. The number of benzene rings is 2. The summed E-state index contributed by atoms with van der Waals surface area (Å²) in [5.41, 5.74) is 2.51. The van der Waals surface area contributed by atoms with E-state index in [9.17, 15) is 0 Å². The van der Waals surface area contributed by atoms with Gasteiger partial charge in [-0.15, -0.1) is 0 Å². The van der Waals surface area contributed by atoms with Gasteiger partial charge in [-0.2, -0.15) is 0 Å². The predicted molar refractivity (Wildman–Crippen MR) is 93.3 cm³/mol. The summed E-state index contributed by atoms with van der Waals surface area (Å²) in [6.45, 7) is 8.41. The van der Waals surface area contributed by atoms with Gasteiger partial charge in [0.15, 0.2) is 0 Å². The predicted octanol–water partition coefficient (Wildman–Crippen LogP) is 5.55. The maximum Gasteiger partial charge on any atom is 0.0548 e. The van der Waals surface area contributed by atoms with Gasteiger partial charge in [0.05, 0.1) is 5.02 Å². The average Bonchev–Trinajstić information content (AvgIpc) is 2.44. The second kappa shape index (κ2) is 7.88. The fourth-order valence-electron chi connectivity index (χ4n) is 1.98. The smallest absolute Gasteiger partial charge is 0.0548 e. The summed E-state index contributed by atoms with van der Waals surface area (Å²) in [7, 11) is 0. The van der Waals surface area contributed by atoms with Crippen LogP contribution in [-0.2, 0) is 6.54 Å². The first kappa shape index (κ1) is 16.4. The lowest BCUT2D eigenvalue weighted by Crippen LogP contribution is -2.18. The number of hydrogen-bond donors (Lipinski definition) is 1. The normalized spacial score (nSPS) is 11.1. The van der Waals surface area contributed by atoms with Gasteiger partial charge in [0, 0.05) is 16.3 Å². The number of rotatable bonds is 6. The standard InChI is InChI=1S/C18H22ClNS/c1-13(2)11-20-12-15-6-9-18(17(19)10-15)21-16-7-4-14(3)5-8-16/h4-10,13,20H,11-12H2,1-3H3. The molecule has 0 saturated heterocycles. The van der Waals surface area contributed by atoms with Gasteiger partial charge in [-0.3, -0.25) is 0 Å². The molecule has 0 aliphatic carbocycles. The SMILES string of the molecule is Cc1ccc(Sc2ccc(CNCC(C)C)cc2Cl)cc1. The average molecular weight is 320 g/mol. The first-order valence-corrected chi connectivity index (χ1v) is 8.47. The van der Waals surface area contributed by atoms with Crippen molar-refractivity contribution in [2.45, 2.75) is 37.1 Å². The fourth-order valence-corrected chi connectivity index (χ4v) is 3.11. The summed E-state index contributed by atoms with van der Waals surface area (Å²) >= 11 is 8.11. The van der Waals surface area contributed by atoms with Crippen LogP contribution in [0.25, 0.3) is 0 Å². The van der Waals surface area contributed by atoms with E-state index in [-0.39, 0.29) is 0 Å². The van der Waals surface area contributed by atoms with Crippen LogP contribution in [0.3, 0.4) is 0 Å². The minimum absolute atomic E-state index is 0.664. The van der Waals surface area contributed by atoms with Crippen LogP contribution >= 0.6 is 23.4 Å². The van der Waals surface area contributed by atoms with Gasteiger partial charge < -0.3 is 5.32 Å². The van der Waals surface area contributed by atoms with Gasteiger partial charge in [-0.05, 0) is 49.2 Å². The molecule has 0 fully saturated rings. The van der Waals surface area contributed by atoms with Gasteiger partial charge in [0.1, 0.15) is 0 Å². The Balaban J connectivity index is 2.00. The Morgan fingerprint density at radius 1 is 1.10 bits per heavy atom. The number of nitrogens with one attached hydrogen (secondary N) is 1. The van der Waals surface area contributed by atoms with Crippen LogP contribution in [0.2, 0.25) is 5.02 Å². The van der Waals surface area contributed by atoms with Crippen molar-refractivity contribution in [1.82, 2.24) is 5.32 Å². The Hall–Kier alpha value is -0.960. The van der Waals surface area contributed by atoms with Crippen LogP contribution in [0.15, 0.2) is 52.3 Å².